The van der Waals surface area contributed by atoms with Gasteiger partial charge in [0, 0.05) is 24.9 Å². The highest BCUT2D eigenvalue weighted by molar-refractivity contribution is 7.99. The summed E-state index contributed by atoms with van der Waals surface area (Å²) in [6.45, 7) is 4.62. The van der Waals surface area contributed by atoms with E-state index in [2.05, 4.69) is 11.8 Å². The van der Waals surface area contributed by atoms with Gasteiger partial charge in [-0.1, -0.05) is 13.3 Å². The van der Waals surface area contributed by atoms with E-state index in [0.717, 1.165) is 57.6 Å². The summed E-state index contributed by atoms with van der Waals surface area (Å²) in [6.07, 6.45) is 5.91. The van der Waals surface area contributed by atoms with E-state index < -0.39 is 11.4 Å². The molecule has 3 aliphatic heterocycles. The number of likely N-dealkylation sites (tertiary alicyclic amines) is 1. The van der Waals surface area contributed by atoms with E-state index in [0.29, 0.717) is 6.04 Å². The van der Waals surface area contributed by atoms with Crippen LogP contribution >= 0.6 is 11.8 Å². The number of carboxylic acids is 1. The van der Waals surface area contributed by atoms with Gasteiger partial charge < -0.3 is 9.84 Å². The Morgan fingerprint density at radius 2 is 2.33 bits per heavy atom. The molecule has 0 aromatic carbocycles. The molecule has 1 N–H and O–H groups in total. The fourth-order valence-corrected chi connectivity index (χ4v) is 5.74. The van der Waals surface area contributed by atoms with Crippen LogP contribution in [0.5, 0.6) is 0 Å². The van der Waals surface area contributed by atoms with E-state index in [9.17, 15) is 9.90 Å². The monoisotopic (exact) mass is 313 g/mol. The average Bonchev–Trinajstić information content (AvgIpc) is 3.08. The van der Waals surface area contributed by atoms with Crippen molar-refractivity contribution in [3.8, 4) is 0 Å². The lowest BCUT2D eigenvalue weighted by Gasteiger charge is -2.41. The molecular formula is C16H27NO3S. The van der Waals surface area contributed by atoms with Crippen LogP contribution in [0.1, 0.15) is 45.4 Å². The molecule has 120 valence electrons. The molecule has 5 heteroatoms. The Hall–Kier alpha value is -0.260. The summed E-state index contributed by atoms with van der Waals surface area (Å²) in [5.41, 5.74) is -0.405. The summed E-state index contributed by atoms with van der Waals surface area (Å²) in [4.78, 5) is 14.2. The summed E-state index contributed by atoms with van der Waals surface area (Å²) >= 11 is 2.00. The number of hydrogen-bond donors (Lipinski definition) is 1. The summed E-state index contributed by atoms with van der Waals surface area (Å²) in [7, 11) is 0. The maximum atomic E-state index is 11.7. The van der Waals surface area contributed by atoms with Gasteiger partial charge in [-0.2, -0.15) is 11.8 Å². The molecule has 0 bridgehead atoms. The molecule has 0 saturated carbocycles. The molecule has 0 radical (unpaired) electrons. The average molecular weight is 313 g/mol. The fraction of sp³-hybridized carbons (Fsp3) is 0.938. The van der Waals surface area contributed by atoms with Crippen LogP contribution < -0.4 is 0 Å². The molecule has 4 nitrogen and oxygen atoms in total. The minimum Gasteiger partial charge on any atom is -0.481 e. The van der Waals surface area contributed by atoms with Gasteiger partial charge >= 0.3 is 5.97 Å². The standard InChI is InChI=1S/C16H27NO3S/c1-2-4-15(14(18)19)5-7-17(11-15)13-3-8-20-16(10-13)6-9-21-12-16/h13H,2-12H2,1H3,(H,18,19). The second-order valence-corrected chi connectivity index (χ2v) is 8.14. The van der Waals surface area contributed by atoms with Crippen molar-refractivity contribution >= 4 is 17.7 Å². The predicted octanol–water partition coefficient (Wildman–Crippen LogP) is 2.62. The van der Waals surface area contributed by atoms with Crippen LogP contribution in [-0.2, 0) is 9.53 Å². The van der Waals surface area contributed by atoms with Gasteiger partial charge in [0.25, 0.3) is 0 Å². The van der Waals surface area contributed by atoms with Gasteiger partial charge in [-0.05, 0) is 44.4 Å². The molecule has 21 heavy (non-hydrogen) atoms. The topological polar surface area (TPSA) is 49.8 Å². The second-order valence-electron chi connectivity index (χ2n) is 7.04. The van der Waals surface area contributed by atoms with Crippen molar-refractivity contribution in [3.05, 3.63) is 0 Å². The zero-order valence-corrected chi connectivity index (χ0v) is 13.8. The van der Waals surface area contributed by atoms with E-state index in [4.69, 9.17) is 4.74 Å². The van der Waals surface area contributed by atoms with Crippen LogP contribution in [-0.4, -0.2) is 58.8 Å². The van der Waals surface area contributed by atoms with Crippen molar-refractivity contribution < 1.29 is 14.6 Å². The fourth-order valence-electron chi connectivity index (χ4n) is 4.36. The summed E-state index contributed by atoms with van der Waals surface area (Å²) in [6, 6.07) is 0.524. The summed E-state index contributed by atoms with van der Waals surface area (Å²) in [5.74, 6) is 1.74. The van der Waals surface area contributed by atoms with E-state index in [1.807, 2.05) is 11.8 Å². The number of hydrogen-bond acceptors (Lipinski definition) is 4. The van der Waals surface area contributed by atoms with E-state index in [1.54, 1.807) is 0 Å². The Kier molecular flexibility index (Phi) is 4.53. The van der Waals surface area contributed by atoms with Crippen molar-refractivity contribution in [1.82, 2.24) is 4.90 Å². The molecule has 1 spiro atoms. The maximum Gasteiger partial charge on any atom is 0.310 e. The second kappa shape index (κ2) is 6.09. The van der Waals surface area contributed by atoms with Gasteiger partial charge in [-0.3, -0.25) is 9.69 Å². The third-order valence-corrected chi connectivity index (χ3v) is 6.84. The Labute approximate surface area is 131 Å². The van der Waals surface area contributed by atoms with E-state index >= 15 is 0 Å². The first-order valence-corrected chi connectivity index (χ1v) is 9.44. The van der Waals surface area contributed by atoms with Gasteiger partial charge in [0.15, 0.2) is 0 Å². The van der Waals surface area contributed by atoms with Crippen LogP contribution in [0.4, 0.5) is 0 Å². The van der Waals surface area contributed by atoms with E-state index in [1.165, 1.54) is 12.2 Å². The lowest BCUT2D eigenvalue weighted by Crippen LogP contribution is -2.49. The molecule has 3 saturated heterocycles. The maximum absolute atomic E-state index is 11.7. The number of ether oxygens (including phenoxy) is 1. The first-order chi connectivity index (χ1) is 10.1. The van der Waals surface area contributed by atoms with Crippen molar-refractivity contribution in [1.29, 1.82) is 0 Å². The molecule has 0 aromatic rings. The van der Waals surface area contributed by atoms with Crippen molar-refractivity contribution in [3.63, 3.8) is 0 Å². The third kappa shape index (κ3) is 2.97. The molecule has 3 unspecified atom stereocenters. The smallest absolute Gasteiger partial charge is 0.310 e. The van der Waals surface area contributed by atoms with Crippen LogP contribution in [0.25, 0.3) is 0 Å². The van der Waals surface area contributed by atoms with Crippen molar-refractivity contribution in [2.24, 2.45) is 5.41 Å². The van der Waals surface area contributed by atoms with Gasteiger partial charge in [0.05, 0.1) is 11.0 Å². The zero-order chi connectivity index (χ0) is 14.9. The molecule has 3 fully saturated rings. The van der Waals surface area contributed by atoms with Gasteiger partial charge in [-0.15, -0.1) is 0 Å². The highest BCUT2D eigenvalue weighted by Gasteiger charge is 2.48. The minimum absolute atomic E-state index is 0.0901. The highest BCUT2D eigenvalue weighted by Crippen LogP contribution is 2.43. The molecule has 0 amide bonds. The van der Waals surface area contributed by atoms with Crippen LogP contribution in [0.15, 0.2) is 0 Å². The molecule has 3 aliphatic rings. The van der Waals surface area contributed by atoms with Crippen molar-refractivity contribution in [2.75, 3.05) is 31.2 Å². The largest absolute Gasteiger partial charge is 0.481 e. The Morgan fingerprint density at radius 1 is 1.48 bits per heavy atom. The zero-order valence-electron chi connectivity index (χ0n) is 13.0. The quantitative estimate of drug-likeness (QED) is 0.864. The van der Waals surface area contributed by atoms with Gasteiger partial charge in [0.2, 0.25) is 0 Å². The molecule has 3 rings (SSSR count). The lowest BCUT2D eigenvalue weighted by molar-refractivity contribution is -0.149. The normalized spacial score (nSPS) is 40.9. The minimum atomic E-state index is -0.593. The SMILES string of the molecule is CCCC1(C(=O)O)CCN(C2CCOC3(CCSC3)C2)C1. The number of carboxylic acid groups (broad SMARTS) is 1. The Bertz CT molecular complexity index is 397. The predicted molar refractivity (Wildman–Crippen MR) is 84.8 cm³/mol. The number of aliphatic carboxylic acids is 1. The number of rotatable bonds is 4. The third-order valence-electron chi connectivity index (χ3n) is 5.62. The van der Waals surface area contributed by atoms with Crippen LogP contribution in [0.2, 0.25) is 0 Å². The summed E-state index contributed by atoms with van der Waals surface area (Å²) in [5, 5.41) is 9.66. The first kappa shape index (κ1) is 15.6. The van der Waals surface area contributed by atoms with Gasteiger partial charge in [-0.25, -0.2) is 0 Å². The van der Waals surface area contributed by atoms with Crippen LogP contribution in [0.3, 0.4) is 0 Å². The number of carbonyl (C=O) groups is 1. The van der Waals surface area contributed by atoms with Gasteiger partial charge in [0.1, 0.15) is 0 Å². The number of thioether (sulfide) groups is 1. The molecule has 0 aromatic heterocycles. The van der Waals surface area contributed by atoms with E-state index in [-0.39, 0.29) is 5.60 Å². The highest BCUT2D eigenvalue weighted by atomic mass is 32.2. The summed E-state index contributed by atoms with van der Waals surface area (Å²) < 4.78 is 6.10. The molecular weight excluding hydrogens is 286 g/mol. The Morgan fingerprint density at radius 3 is 3.00 bits per heavy atom. The van der Waals surface area contributed by atoms with Crippen LogP contribution in [0, 0.1) is 5.41 Å². The number of nitrogens with zero attached hydrogens (tertiary/aromatic N) is 1. The first-order valence-electron chi connectivity index (χ1n) is 8.28. The molecule has 3 heterocycles. The van der Waals surface area contributed by atoms with Crippen molar-refractivity contribution in [2.45, 2.75) is 57.1 Å². The lowest BCUT2D eigenvalue weighted by atomic mass is 9.82. The molecule has 3 atom stereocenters. The Balaban J connectivity index is 1.66. The molecule has 0 aliphatic carbocycles.